The normalized spacial score (nSPS) is 15.8. The van der Waals surface area contributed by atoms with Crippen molar-refractivity contribution in [3.63, 3.8) is 0 Å². The van der Waals surface area contributed by atoms with Crippen LogP contribution in [-0.2, 0) is 39.8 Å². The Morgan fingerprint density at radius 1 is 1.08 bits per heavy atom. The Morgan fingerprint density at radius 3 is 2.62 bits per heavy atom. The van der Waals surface area contributed by atoms with Crippen molar-refractivity contribution in [2.75, 3.05) is 39.9 Å². The fraction of sp³-hybridized carbons (Fsp3) is 0.353. The van der Waals surface area contributed by atoms with Gasteiger partial charge in [0.05, 0.1) is 44.0 Å². The van der Waals surface area contributed by atoms with Gasteiger partial charge in [-0.05, 0) is 53.1 Å². The first-order chi connectivity index (χ1) is 25.1. The second kappa shape index (κ2) is 17.5. The molecule has 2 atom stereocenters. The number of ether oxygens (including phenoxy) is 4. The number of esters is 3. The summed E-state index contributed by atoms with van der Waals surface area (Å²) in [6, 6.07) is 6.31. The lowest BCUT2D eigenvalue weighted by Gasteiger charge is -2.22. The van der Waals surface area contributed by atoms with Crippen molar-refractivity contribution in [1.82, 2.24) is 35.5 Å². The van der Waals surface area contributed by atoms with Crippen molar-refractivity contribution in [1.29, 1.82) is 0 Å². The minimum Gasteiger partial charge on any atom is -0.467 e. The van der Waals surface area contributed by atoms with Crippen molar-refractivity contribution in [3.05, 3.63) is 76.2 Å². The Labute approximate surface area is 302 Å². The van der Waals surface area contributed by atoms with Gasteiger partial charge in [0, 0.05) is 30.0 Å². The quantitative estimate of drug-likeness (QED) is 0.0870. The molecule has 0 saturated carbocycles. The average Bonchev–Trinajstić information content (AvgIpc) is 3.83. The number of imidazole rings is 1. The summed E-state index contributed by atoms with van der Waals surface area (Å²) in [5.74, 6) is -2.87. The number of carbonyl (C=O) groups excluding carboxylic acids is 4. The molecule has 0 aliphatic carbocycles. The lowest BCUT2D eigenvalue weighted by Crippen LogP contribution is -2.31. The molecule has 3 N–H and O–H groups in total. The molecule has 18 heteroatoms. The topological polar surface area (TPSA) is 202 Å². The maximum Gasteiger partial charge on any atom is 0.356 e. The van der Waals surface area contributed by atoms with Gasteiger partial charge in [-0.25, -0.2) is 19.0 Å². The summed E-state index contributed by atoms with van der Waals surface area (Å²) in [7, 11) is 4.00. The first kappa shape index (κ1) is 37.6. The molecule has 0 unspecified atom stereocenters. The van der Waals surface area contributed by atoms with Crippen LogP contribution < -0.4 is 10.6 Å². The molecule has 1 aliphatic rings. The number of fused-ring (bicyclic) bond motifs is 4. The third-order valence-electron chi connectivity index (χ3n) is 8.15. The van der Waals surface area contributed by atoms with E-state index in [-0.39, 0.29) is 53.1 Å². The Kier molecular flexibility index (Phi) is 12.6. The molecule has 16 nitrogen and oxygen atoms in total. The van der Waals surface area contributed by atoms with E-state index in [2.05, 4.69) is 31.1 Å². The summed E-state index contributed by atoms with van der Waals surface area (Å²) in [6.45, 7) is 0.339. The van der Waals surface area contributed by atoms with Crippen LogP contribution >= 0.6 is 11.6 Å². The van der Waals surface area contributed by atoms with Crippen molar-refractivity contribution >= 4 is 47.2 Å². The van der Waals surface area contributed by atoms with Gasteiger partial charge in [-0.3, -0.25) is 9.59 Å². The monoisotopic (exact) mass is 738 g/mol. The molecule has 274 valence electrons. The molecule has 2 aromatic carbocycles. The van der Waals surface area contributed by atoms with Crippen LogP contribution in [-0.4, -0.2) is 94.6 Å². The van der Waals surface area contributed by atoms with Gasteiger partial charge in [-0.1, -0.05) is 36.6 Å². The molecule has 0 spiro atoms. The first-order valence-electron chi connectivity index (χ1n) is 16.1. The number of methoxy groups -OCH3 is 3. The van der Waals surface area contributed by atoms with E-state index in [1.165, 1.54) is 50.5 Å². The SMILES string of the molecule is COCCOC(=O)Cc1ccc2c(c1)N[C@@H](C(=O)OC)CCCC[C@H](NC(=O)/C=C/c1c(-n3cnnn3)ccc(Cl)c1F)c1nc-2c(C(=O)OC)[nH]1. The van der Waals surface area contributed by atoms with E-state index in [9.17, 15) is 19.2 Å². The van der Waals surface area contributed by atoms with Crippen molar-refractivity contribution in [3.8, 4) is 16.9 Å². The van der Waals surface area contributed by atoms with E-state index in [4.69, 9.17) is 35.5 Å². The summed E-state index contributed by atoms with van der Waals surface area (Å²) >= 11 is 6.03. The molecule has 2 aromatic heterocycles. The van der Waals surface area contributed by atoms with E-state index in [1.54, 1.807) is 18.2 Å². The first-order valence-corrected chi connectivity index (χ1v) is 16.5. The number of halogens is 2. The molecule has 0 radical (unpaired) electrons. The van der Waals surface area contributed by atoms with Crippen molar-refractivity contribution < 1.29 is 42.5 Å². The van der Waals surface area contributed by atoms with E-state index in [0.29, 0.717) is 42.5 Å². The molecule has 2 bridgehead atoms. The maximum absolute atomic E-state index is 15.1. The molecular weight excluding hydrogens is 703 g/mol. The second-order valence-corrected chi connectivity index (χ2v) is 12.0. The fourth-order valence-corrected chi connectivity index (χ4v) is 5.77. The summed E-state index contributed by atoms with van der Waals surface area (Å²) in [5, 5.41) is 16.9. The van der Waals surface area contributed by atoms with Gasteiger partial charge in [0.25, 0.3) is 0 Å². The van der Waals surface area contributed by atoms with Crippen LogP contribution in [0.1, 0.15) is 59.2 Å². The third kappa shape index (κ3) is 8.96. The largest absolute Gasteiger partial charge is 0.467 e. The molecule has 4 aromatic rings. The zero-order valence-corrected chi connectivity index (χ0v) is 29.2. The molecule has 1 aliphatic heterocycles. The third-order valence-corrected chi connectivity index (χ3v) is 8.45. The number of hydrogen-bond acceptors (Lipinski definition) is 13. The van der Waals surface area contributed by atoms with Gasteiger partial charge in [0.1, 0.15) is 30.5 Å². The number of anilines is 1. The lowest BCUT2D eigenvalue weighted by atomic mass is 10.00. The summed E-state index contributed by atoms with van der Waals surface area (Å²) in [4.78, 5) is 59.7. The van der Waals surface area contributed by atoms with Gasteiger partial charge in [0.2, 0.25) is 5.91 Å². The highest BCUT2D eigenvalue weighted by Gasteiger charge is 2.29. The molecule has 1 amide bonds. The lowest BCUT2D eigenvalue weighted by molar-refractivity contribution is -0.144. The molecule has 5 rings (SSSR count). The van der Waals surface area contributed by atoms with Gasteiger partial charge >= 0.3 is 17.9 Å². The van der Waals surface area contributed by atoms with Crippen LogP contribution in [0.5, 0.6) is 0 Å². The van der Waals surface area contributed by atoms with E-state index in [1.807, 2.05) is 0 Å². The van der Waals surface area contributed by atoms with Crippen LogP contribution in [0.2, 0.25) is 5.02 Å². The summed E-state index contributed by atoms with van der Waals surface area (Å²) < 4.78 is 36.7. The number of tetrazole rings is 1. The minimum absolute atomic E-state index is 0.0111. The summed E-state index contributed by atoms with van der Waals surface area (Å²) in [5.41, 5.74) is 1.75. The number of nitrogens with one attached hydrogen (secondary N) is 3. The highest BCUT2D eigenvalue weighted by molar-refractivity contribution is 6.31. The van der Waals surface area contributed by atoms with Gasteiger partial charge < -0.3 is 34.6 Å². The van der Waals surface area contributed by atoms with E-state index < -0.39 is 41.7 Å². The smallest absolute Gasteiger partial charge is 0.356 e. The number of amides is 1. The number of aromatic nitrogens is 6. The van der Waals surface area contributed by atoms with E-state index >= 15 is 4.39 Å². The van der Waals surface area contributed by atoms with Crippen molar-refractivity contribution in [2.45, 2.75) is 44.2 Å². The number of hydrogen-bond donors (Lipinski definition) is 3. The number of H-pyrrole nitrogens is 1. The number of carbonyl (C=O) groups is 4. The number of nitrogens with zero attached hydrogens (tertiary/aromatic N) is 5. The summed E-state index contributed by atoms with van der Waals surface area (Å²) in [6.07, 6.45) is 5.33. The minimum atomic E-state index is -0.801. The van der Waals surface area contributed by atoms with Gasteiger partial charge in [0.15, 0.2) is 11.5 Å². The van der Waals surface area contributed by atoms with Crippen LogP contribution in [0.4, 0.5) is 10.1 Å². The zero-order chi connectivity index (χ0) is 37.2. The predicted octanol–water partition coefficient (Wildman–Crippen LogP) is 3.76. The predicted molar refractivity (Wildman–Crippen MR) is 184 cm³/mol. The Bertz CT molecular complexity index is 1950. The average molecular weight is 739 g/mol. The van der Waals surface area contributed by atoms with Crippen LogP contribution in [0.15, 0.2) is 42.7 Å². The standard InChI is InChI=1S/C34H36ClFN8O8/c1-49-14-15-52-28(46)17-19-8-9-20-25(16-19)38-24(33(47)50-2)7-5-4-6-23(32-40-30(20)31(41-32)34(48)51-3)39-27(45)13-10-21-26(44-18-37-42-43-44)12-11-22(35)29(21)36/h8-13,16,18,23-24,38H,4-7,14-15,17H2,1-3H3,(H,39,45)(H,40,41)/b13-10+/t23-,24+/m0/s1. The highest BCUT2D eigenvalue weighted by atomic mass is 35.5. The van der Waals surface area contributed by atoms with Gasteiger partial charge in [-0.2, -0.15) is 4.68 Å². The Hall–Kier alpha value is -5.68. The molecular formula is C34H36ClFN8O8. The molecule has 0 fully saturated rings. The Morgan fingerprint density at radius 2 is 1.88 bits per heavy atom. The number of aromatic amines is 1. The Balaban J connectivity index is 1.51. The molecule has 3 heterocycles. The number of rotatable bonds is 11. The fourth-order valence-electron chi connectivity index (χ4n) is 5.60. The van der Waals surface area contributed by atoms with Gasteiger partial charge in [-0.15, -0.1) is 5.10 Å². The van der Waals surface area contributed by atoms with E-state index in [0.717, 1.165) is 6.08 Å². The zero-order valence-electron chi connectivity index (χ0n) is 28.5. The maximum atomic E-state index is 15.1. The van der Waals surface area contributed by atoms with Crippen LogP contribution in [0.3, 0.4) is 0 Å². The molecule has 52 heavy (non-hydrogen) atoms. The highest BCUT2D eigenvalue weighted by Crippen LogP contribution is 2.35. The molecule has 0 saturated heterocycles. The number of benzene rings is 2. The van der Waals surface area contributed by atoms with Crippen LogP contribution in [0, 0.1) is 5.82 Å². The van der Waals surface area contributed by atoms with Crippen molar-refractivity contribution in [2.24, 2.45) is 0 Å². The second-order valence-electron chi connectivity index (χ2n) is 11.6. The van der Waals surface area contributed by atoms with Crippen LogP contribution in [0.25, 0.3) is 23.0 Å².